The van der Waals surface area contributed by atoms with Gasteiger partial charge in [0.2, 0.25) is 0 Å². The summed E-state index contributed by atoms with van der Waals surface area (Å²) in [6, 6.07) is 0. The predicted octanol–water partition coefficient (Wildman–Crippen LogP) is 3.90. The molecule has 0 aromatic heterocycles. The van der Waals surface area contributed by atoms with Crippen molar-refractivity contribution in [3.63, 3.8) is 0 Å². The Morgan fingerprint density at radius 2 is 1.96 bits per heavy atom. The van der Waals surface area contributed by atoms with E-state index in [9.17, 15) is 4.79 Å². The van der Waals surface area contributed by atoms with Crippen LogP contribution < -0.4 is 0 Å². The zero-order valence-corrected chi connectivity index (χ0v) is 18.5. The molecular weight excluding hydrogens is 400 g/mol. The molecule has 4 nitrogen and oxygen atoms in total. The molecule has 3 aliphatic carbocycles. The summed E-state index contributed by atoms with van der Waals surface area (Å²) in [6.45, 7) is 11.4. The number of fused-ring (bicyclic) bond motifs is 2. The maximum atomic E-state index is 12.4. The summed E-state index contributed by atoms with van der Waals surface area (Å²) in [4.78, 5) is 12.8. The van der Waals surface area contributed by atoms with Crippen molar-refractivity contribution in [2.75, 3.05) is 7.11 Å². The fraction of sp³-hybridized carbons (Fsp3) is 0.842. The first-order valence-corrected chi connectivity index (χ1v) is 13.2. The Morgan fingerprint density at radius 3 is 2.56 bits per heavy atom. The molecule has 6 heteroatoms. The molecule has 140 valence electrons. The highest BCUT2D eigenvalue weighted by Gasteiger charge is 2.69. The summed E-state index contributed by atoms with van der Waals surface area (Å²) >= 11 is 3.90. The lowest BCUT2D eigenvalue weighted by molar-refractivity contribution is -0.138. The van der Waals surface area contributed by atoms with Crippen molar-refractivity contribution in [2.45, 2.75) is 68.5 Å². The van der Waals surface area contributed by atoms with E-state index < -0.39 is 8.32 Å². The molecular formula is C19H29BrO4Si. The van der Waals surface area contributed by atoms with E-state index in [1.807, 2.05) is 6.08 Å². The summed E-state index contributed by atoms with van der Waals surface area (Å²) in [5, 5.41) is 0.142. The SMILES string of the molecule is COC(=O)C1=C[C@H](O[Si](C)(C)C(C)(C)C)[C@@H]2[C@H]3C[C@@H]4[C@@H](O[C@H]1[C@@H]42)[C@@H]3Br. The van der Waals surface area contributed by atoms with Gasteiger partial charge >= 0.3 is 5.97 Å². The van der Waals surface area contributed by atoms with Crippen LogP contribution in [0.1, 0.15) is 27.2 Å². The molecule has 25 heavy (non-hydrogen) atoms. The Hall–Kier alpha value is -0.173. The number of carbonyl (C=O) groups excluding carboxylic acids is 1. The zero-order valence-electron chi connectivity index (χ0n) is 15.9. The standard InChI is InChI=1S/C19H29BrO4Si/c1-19(2,3)25(5,6)24-12-8-11(18(21)22-4)16-14-10-7-9(13(12)14)15(20)17(10)23-16/h8-10,12-17H,7H2,1-6H3/t9-,10+,12+,13+,14+,15-,16-,17-/m1/s1. The number of rotatable bonds is 3. The van der Waals surface area contributed by atoms with Gasteiger partial charge in [-0.1, -0.05) is 36.7 Å². The Bertz CT molecular complexity index is 625. The van der Waals surface area contributed by atoms with Gasteiger partial charge < -0.3 is 13.9 Å². The minimum absolute atomic E-state index is 0.00561. The molecule has 0 spiro atoms. The van der Waals surface area contributed by atoms with E-state index in [4.69, 9.17) is 13.9 Å². The quantitative estimate of drug-likeness (QED) is 0.388. The highest BCUT2D eigenvalue weighted by atomic mass is 79.9. The zero-order chi connectivity index (χ0) is 18.3. The van der Waals surface area contributed by atoms with Crippen molar-refractivity contribution < 1.29 is 18.7 Å². The van der Waals surface area contributed by atoms with Crippen LogP contribution in [0, 0.1) is 23.7 Å². The fourth-order valence-corrected chi connectivity index (χ4v) is 7.64. The maximum Gasteiger partial charge on any atom is 0.336 e. The van der Waals surface area contributed by atoms with E-state index in [1.165, 1.54) is 13.5 Å². The first-order valence-electron chi connectivity index (χ1n) is 9.34. The van der Waals surface area contributed by atoms with Gasteiger partial charge in [-0.05, 0) is 48.4 Å². The van der Waals surface area contributed by atoms with Crippen molar-refractivity contribution in [1.82, 2.24) is 0 Å². The van der Waals surface area contributed by atoms with E-state index in [0.29, 0.717) is 34.1 Å². The average Bonchev–Trinajstić information content (AvgIpc) is 3.13. The third-order valence-corrected chi connectivity index (χ3v) is 13.1. The molecule has 1 heterocycles. The highest BCUT2D eigenvalue weighted by Crippen LogP contribution is 2.65. The number of ether oxygens (including phenoxy) is 2. The normalized spacial score (nSPS) is 44.8. The molecule has 0 radical (unpaired) electrons. The third kappa shape index (κ3) is 2.47. The van der Waals surface area contributed by atoms with Crippen molar-refractivity contribution in [3.05, 3.63) is 11.6 Å². The molecule has 1 aliphatic heterocycles. The Balaban J connectivity index is 1.73. The van der Waals surface area contributed by atoms with Crippen LogP contribution in [0.15, 0.2) is 11.6 Å². The van der Waals surface area contributed by atoms with Crippen LogP contribution >= 0.6 is 15.9 Å². The number of esters is 1. The van der Waals surface area contributed by atoms with Gasteiger partial charge in [0.15, 0.2) is 8.32 Å². The Morgan fingerprint density at radius 1 is 1.28 bits per heavy atom. The summed E-state index contributed by atoms with van der Waals surface area (Å²) in [7, 11) is -0.486. The highest BCUT2D eigenvalue weighted by molar-refractivity contribution is 9.09. The van der Waals surface area contributed by atoms with E-state index in [2.05, 4.69) is 49.8 Å². The molecule has 0 aromatic rings. The van der Waals surface area contributed by atoms with Crippen molar-refractivity contribution >= 4 is 30.2 Å². The lowest BCUT2D eigenvalue weighted by Gasteiger charge is -2.45. The second kappa shape index (κ2) is 5.66. The molecule has 2 bridgehead atoms. The van der Waals surface area contributed by atoms with Crippen LogP contribution in [0.4, 0.5) is 0 Å². The van der Waals surface area contributed by atoms with Crippen LogP contribution in [-0.2, 0) is 18.7 Å². The Labute approximate surface area is 159 Å². The third-order valence-electron chi connectivity index (χ3n) is 7.46. The molecule has 4 aliphatic rings. The van der Waals surface area contributed by atoms with Gasteiger partial charge in [0.05, 0.1) is 31.0 Å². The minimum Gasteiger partial charge on any atom is -0.466 e. The molecule has 0 amide bonds. The van der Waals surface area contributed by atoms with E-state index in [1.54, 1.807) is 0 Å². The van der Waals surface area contributed by atoms with Crippen molar-refractivity contribution in [1.29, 1.82) is 0 Å². The molecule has 2 saturated carbocycles. The average molecular weight is 429 g/mol. The van der Waals surface area contributed by atoms with Crippen LogP contribution in [0.25, 0.3) is 0 Å². The van der Waals surface area contributed by atoms with Gasteiger partial charge in [-0.3, -0.25) is 0 Å². The summed E-state index contributed by atoms with van der Waals surface area (Å²) in [5.41, 5.74) is 0.683. The van der Waals surface area contributed by atoms with Crippen molar-refractivity contribution in [3.8, 4) is 0 Å². The maximum absolute atomic E-state index is 12.4. The smallest absolute Gasteiger partial charge is 0.336 e. The van der Waals surface area contributed by atoms with Gasteiger partial charge in [0.1, 0.15) is 0 Å². The van der Waals surface area contributed by atoms with Gasteiger partial charge in [0, 0.05) is 10.7 Å². The van der Waals surface area contributed by atoms with Gasteiger partial charge in [-0.2, -0.15) is 0 Å². The predicted molar refractivity (Wildman–Crippen MR) is 102 cm³/mol. The Kier molecular flexibility index (Phi) is 4.12. The first kappa shape index (κ1) is 18.2. The topological polar surface area (TPSA) is 44.8 Å². The molecule has 4 rings (SSSR count). The minimum atomic E-state index is -1.94. The van der Waals surface area contributed by atoms with Crippen LogP contribution in [-0.4, -0.2) is 44.5 Å². The van der Waals surface area contributed by atoms with Crippen LogP contribution in [0.3, 0.4) is 0 Å². The van der Waals surface area contributed by atoms with E-state index in [-0.39, 0.29) is 29.3 Å². The monoisotopic (exact) mass is 428 g/mol. The fourth-order valence-electron chi connectivity index (χ4n) is 5.29. The second-order valence-electron chi connectivity index (χ2n) is 9.64. The largest absolute Gasteiger partial charge is 0.466 e. The molecule has 0 unspecified atom stereocenters. The number of halogens is 1. The molecule has 1 saturated heterocycles. The van der Waals surface area contributed by atoms with Crippen LogP contribution in [0.5, 0.6) is 0 Å². The summed E-state index contributed by atoms with van der Waals surface area (Å²) < 4.78 is 18.2. The molecule has 0 aromatic carbocycles. The molecule has 0 N–H and O–H groups in total. The van der Waals surface area contributed by atoms with E-state index in [0.717, 1.165) is 0 Å². The number of hydrogen-bond donors (Lipinski definition) is 0. The molecule has 3 fully saturated rings. The summed E-state index contributed by atoms with van der Waals surface area (Å²) in [5.74, 6) is 1.71. The number of hydrogen-bond acceptors (Lipinski definition) is 4. The summed E-state index contributed by atoms with van der Waals surface area (Å²) in [6.07, 6.45) is 3.34. The number of carbonyl (C=O) groups is 1. The second-order valence-corrected chi connectivity index (χ2v) is 15.5. The van der Waals surface area contributed by atoms with E-state index >= 15 is 0 Å². The van der Waals surface area contributed by atoms with Gasteiger partial charge in [-0.25, -0.2) is 4.79 Å². The lowest BCUT2D eigenvalue weighted by Crippen LogP contribution is -2.51. The van der Waals surface area contributed by atoms with Gasteiger partial charge in [0.25, 0.3) is 0 Å². The molecule has 8 atom stereocenters. The van der Waals surface area contributed by atoms with Crippen molar-refractivity contribution in [2.24, 2.45) is 23.7 Å². The number of alkyl halides is 1. The number of methoxy groups -OCH3 is 1. The van der Waals surface area contributed by atoms with Crippen LogP contribution in [0.2, 0.25) is 18.1 Å². The first-order chi connectivity index (χ1) is 11.6. The van der Waals surface area contributed by atoms with Gasteiger partial charge in [-0.15, -0.1) is 0 Å². The lowest BCUT2D eigenvalue weighted by atomic mass is 9.70.